The van der Waals surface area contributed by atoms with Crippen LogP contribution in [0.3, 0.4) is 0 Å². The highest BCUT2D eigenvalue weighted by Crippen LogP contribution is 2.31. The summed E-state index contributed by atoms with van der Waals surface area (Å²) in [6.45, 7) is 2.28. The van der Waals surface area contributed by atoms with Crippen LogP contribution in [0.5, 0.6) is 0 Å². The van der Waals surface area contributed by atoms with Crippen molar-refractivity contribution in [3.05, 3.63) is 0 Å². The molecular formula is C7H12BFO5P+. The number of rotatable bonds is 5. The summed E-state index contributed by atoms with van der Waals surface area (Å²) in [5.41, 5.74) is 0. The van der Waals surface area contributed by atoms with E-state index in [0.29, 0.717) is 6.61 Å². The van der Waals surface area contributed by atoms with Gasteiger partial charge in [0, 0.05) is 11.2 Å². The summed E-state index contributed by atoms with van der Waals surface area (Å²) in [6, 6.07) is -1.14. The maximum Gasteiger partial charge on any atom is 0.695 e. The molecule has 1 fully saturated rings. The first-order valence-corrected chi connectivity index (χ1v) is 5.65. The zero-order valence-corrected chi connectivity index (χ0v) is 9.10. The van der Waals surface area contributed by atoms with Gasteiger partial charge in [-0.25, -0.2) is 4.39 Å². The average molecular weight is 237 g/mol. The second-order valence-electron chi connectivity index (χ2n) is 3.05. The zero-order valence-electron chi connectivity index (χ0n) is 8.21. The van der Waals surface area contributed by atoms with E-state index in [0.717, 1.165) is 0 Å². The molecule has 1 saturated heterocycles. The first kappa shape index (κ1) is 13.0. The molecule has 0 bridgehead atoms. The van der Waals surface area contributed by atoms with Crippen molar-refractivity contribution in [3.63, 3.8) is 0 Å². The maximum atomic E-state index is 13.3. The molecular weight excluding hydrogens is 225 g/mol. The van der Waals surface area contributed by atoms with Gasteiger partial charge in [0.1, 0.15) is 14.0 Å². The molecule has 5 nitrogen and oxygen atoms in total. The molecule has 8 heteroatoms. The van der Waals surface area contributed by atoms with Gasteiger partial charge < -0.3 is 9.47 Å². The molecule has 0 saturated carbocycles. The molecule has 0 aromatic rings. The predicted octanol–water partition coefficient (Wildman–Crippen LogP) is 0.289. The lowest BCUT2D eigenvalue weighted by atomic mass is 9.94. The molecule has 84 valence electrons. The van der Waals surface area contributed by atoms with Crippen LogP contribution in [0.4, 0.5) is 4.39 Å². The SMILES string of the molecule is [B]C1OC(COCC)C(O[P+](=O)O)C1F. The van der Waals surface area contributed by atoms with Crippen LogP contribution in [-0.4, -0.2) is 50.3 Å². The van der Waals surface area contributed by atoms with E-state index in [1.54, 1.807) is 6.92 Å². The van der Waals surface area contributed by atoms with Crippen molar-refractivity contribution in [2.24, 2.45) is 0 Å². The fraction of sp³-hybridized carbons (Fsp3) is 1.00. The molecule has 0 spiro atoms. The highest BCUT2D eigenvalue weighted by molar-refractivity contribution is 7.32. The third-order valence-electron chi connectivity index (χ3n) is 2.02. The Morgan fingerprint density at radius 2 is 2.33 bits per heavy atom. The first-order chi connectivity index (χ1) is 7.06. The number of alkyl halides is 1. The predicted molar refractivity (Wildman–Crippen MR) is 50.5 cm³/mol. The molecule has 1 rings (SSSR count). The van der Waals surface area contributed by atoms with Gasteiger partial charge in [-0.05, 0) is 6.92 Å². The smallest absolute Gasteiger partial charge is 0.379 e. The third-order valence-corrected chi connectivity index (χ3v) is 2.45. The van der Waals surface area contributed by atoms with Gasteiger partial charge in [0.25, 0.3) is 0 Å². The Balaban J connectivity index is 2.55. The lowest BCUT2D eigenvalue weighted by molar-refractivity contribution is -0.0223. The van der Waals surface area contributed by atoms with Crippen molar-refractivity contribution in [2.45, 2.75) is 31.3 Å². The van der Waals surface area contributed by atoms with Gasteiger partial charge in [-0.3, -0.25) is 0 Å². The highest BCUT2D eigenvalue weighted by atomic mass is 31.1. The Labute approximate surface area is 89.3 Å². The number of hydrogen-bond acceptors (Lipinski definition) is 4. The average Bonchev–Trinajstić information content (AvgIpc) is 2.42. The van der Waals surface area contributed by atoms with Gasteiger partial charge in [0.2, 0.25) is 0 Å². The standard InChI is InChI=1S/C7H11BFO5P/c1-2-12-3-4-6(14-15(10)11)5(9)7(8)13-4/h4-7H,2-3H2,1H3/p+1. The van der Waals surface area contributed by atoms with E-state index in [1.807, 2.05) is 0 Å². The molecule has 1 N–H and O–H groups in total. The van der Waals surface area contributed by atoms with Gasteiger partial charge in [0.15, 0.2) is 12.3 Å². The van der Waals surface area contributed by atoms with Crippen LogP contribution in [0.2, 0.25) is 0 Å². The second-order valence-corrected chi connectivity index (χ2v) is 3.74. The fourth-order valence-corrected chi connectivity index (χ4v) is 1.80. The molecule has 0 aromatic heterocycles. The van der Waals surface area contributed by atoms with Crippen LogP contribution in [0.1, 0.15) is 6.92 Å². The Morgan fingerprint density at radius 1 is 1.67 bits per heavy atom. The van der Waals surface area contributed by atoms with E-state index in [-0.39, 0.29) is 6.61 Å². The summed E-state index contributed by atoms with van der Waals surface area (Å²) in [6.07, 6.45) is -3.53. The summed E-state index contributed by atoms with van der Waals surface area (Å²) < 4.78 is 38.3. The van der Waals surface area contributed by atoms with Crippen molar-refractivity contribution in [2.75, 3.05) is 13.2 Å². The monoisotopic (exact) mass is 237 g/mol. The van der Waals surface area contributed by atoms with Crippen LogP contribution < -0.4 is 0 Å². The fourth-order valence-electron chi connectivity index (χ4n) is 1.34. The van der Waals surface area contributed by atoms with Crippen LogP contribution >= 0.6 is 8.25 Å². The summed E-state index contributed by atoms with van der Waals surface area (Å²) in [5, 5.41) is 0. The number of halogens is 1. The van der Waals surface area contributed by atoms with Crippen LogP contribution in [0.15, 0.2) is 0 Å². The van der Waals surface area contributed by atoms with E-state index in [2.05, 4.69) is 4.52 Å². The highest BCUT2D eigenvalue weighted by Gasteiger charge is 2.48. The minimum absolute atomic E-state index is 0.0818. The Hall–Kier alpha value is -0.0651. The van der Waals surface area contributed by atoms with Crippen LogP contribution in [0, 0.1) is 0 Å². The summed E-state index contributed by atoms with van der Waals surface area (Å²) in [7, 11) is 2.42. The molecule has 1 aliphatic heterocycles. The normalized spacial score (nSPS) is 36.9. The van der Waals surface area contributed by atoms with Crippen LogP contribution in [-0.2, 0) is 18.6 Å². The van der Waals surface area contributed by atoms with Gasteiger partial charge in [-0.1, -0.05) is 0 Å². The van der Waals surface area contributed by atoms with Crippen molar-refractivity contribution in [1.82, 2.24) is 0 Å². The third kappa shape index (κ3) is 3.46. The zero-order chi connectivity index (χ0) is 11.4. The lowest BCUT2D eigenvalue weighted by Gasteiger charge is -2.13. The summed E-state index contributed by atoms with van der Waals surface area (Å²) in [5.74, 6) is 0. The van der Waals surface area contributed by atoms with Crippen LogP contribution in [0.25, 0.3) is 0 Å². The largest absolute Gasteiger partial charge is 0.695 e. The topological polar surface area (TPSA) is 65.0 Å². The van der Waals surface area contributed by atoms with E-state index in [4.69, 9.17) is 22.2 Å². The van der Waals surface area contributed by atoms with E-state index < -0.39 is 32.6 Å². The van der Waals surface area contributed by atoms with E-state index in [1.165, 1.54) is 0 Å². The Morgan fingerprint density at radius 3 is 2.87 bits per heavy atom. The first-order valence-electron chi connectivity index (χ1n) is 4.52. The number of hydrogen-bond donors (Lipinski definition) is 1. The molecule has 0 aliphatic carbocycles. The minimum Gasteiger partial charge on any atom is -0.379 e. The molecule has 2 radical (unpaired) electrons. The van der Waals surface area contributed by atoms with E-state index in [9.17, 15) is 8.96 Å². The number of ether oxygens (including phenoxy) is 2. The van der Waals surface area contributed by atoms with E-state index >= 15 is 0 Å². The second kappa shape index (κ2) is 5.87. The minimum atomic E-state index is -2.88. The quantitative estimate of drug-likeness (QED) is 0.549. The molecule has 0 amide bonds. The van der Waals surface area contributed by atoms with Gasteiger partial charge in [0.05, 0.1) is 12.6 Å². The Kier molecular flexibility index (Phi) is 5.09. The Bertz CT molecular complexity index is 231. The van der Waals surface area contributed by atoms with Crippen molar-refractivity contribution < 1.29 is 27.8 Å². The molecule has 15 heavy (non-hydrogen) atoms. The van der Waals surface area contributed by atoms with Crippen molar-refractivity contribution in [1.29, 1.82) is 0 Å². The summed E-state index contributed by atoms with van der Waals surface area (Å²) in [4.78, 5) is 8.54. The lowest BCUT2D eigenvalue weighted by Crippen LogP contribution is -2.33. The molecule has 5 unspecified atom stereocenters. The van der Waals surface area contributed by atoms with Gasteiger partial charge >= 0.3 is 8.25 Å². The molecule has 0 aromatic carbocycles. The van der Waals surface area contributed by atoms with Crippen molar-refractivity contribution >= 4 is 16.1 Å². The van der Waals surface area contributed by atoms with Crippen molar-refractivity contribution in [3.8, 4) is 0 Å². The van der Waals surface area contributed by atoms with Gasteiger partial charge in [-0.15, -0.1) is 9.42 Å². The van der Waals surface area contributed by atoms with Gasteiger partial charge in [-0.2, -0.15) is 0 Å². The molecule has 1 heterocycles. The summed E-state index contributed by atoms with van der Waals surface area (Å²) >= 11 is 0. The molecule has 5 atom stereocenters. The molecule has 1 aliphatic rings. The maximum absolute atomic E-state index is 13.3.